The number of nitrogens with one attached hydrogen (secondary N) is 2. The van der Waals surface area contributed by atoms with Gasteiger partial charge in [-0.1, -0.05) is 15.9 Å². The van der Waals surface area contributed by atoms with Gasteiger partial charge < -0.3 is 15.4 Å². The van der Waals surface area contributed by atoms with Crippen LogP contribution >= 0.6 is 15.9 Å². The van der Waals surface area contributed by atoms with Gasteiger partial charge in [-0.15, -0.1) is 0 Å². The van der Waals surface area contributed by atoms with Gasteiger partial charge in [0.15, 0.2) is 0 Å². The van der Waals surface area contributed by atoms with Crippen molar-refractivity contribution in [3.05, 3.63) is 52.5 Å². The molecule has 0 aliphatic rings. The first kappa shape index (κ1) is 18.0. The summed E-state index contributed by atoms with van der Waals surface area (Å²) >= 11 is 3.39. The number of benzene rings is 2. The van der Waals surface area contributed by atoms with Crippen molar-refractivity contribution in [2.75, 3.05) is 10.6 Å². The van der Waals surface area contributed by atoms with Gasteiger partial charge in [0, 0.05) is 15.8 Å². The molecule has 2 aromatic carbocycles. The molecule has 126 valence electrons. The number of rotatable bonds is 4. The molecular formula is C18H19BrN2O3. The second-order valence-electron chi connectivity index (χ2n) is 5.56. The van der Waals surface area contributed by atoms with Crippen molar-refractivity contribution in [1.29, 1.82) is 0 Å². The van der Waals surface area contributed by atoms with Gasteiger partial charge in [0.2, 0.25) is 0 Å². The van der Waals surface area contributed by atoms with Crippen molar-refractivity contribution in [2.24, 2.45) is 0 Å². The van der Waals surface area contributed by atoms with Gasteiger partial charge in [-0.3, -0.25) is 9.59 Å². The van der Waals surface area contributed by atoms with Crippen molar-refractivity contribution in [3.63, 3.8) is 0 Å². The normalized spacial score (nSPS) is 10.4. The van der Waals surface area contributed by atoms with Crippen LogP contribution in [0.4, 0.5) is 11.4 Å². The van der Waals surface area contributed by atoms with Crippen LogP contribution in [0.25, 0.3) is 0 Å². The monoisotopic (exact) mass is 390 g/mol. The Kier molecular flexibility index (Phi) is 5.98. The maximum atomic E-state index is 12.0. The van der Waals surface area contributed by atoms with E-state index in [9.17, 15) is 9.59 Å². The fourth-order valence-electron chi connectivity index (χ4n) is 1.99. The van der Waals surface area contributed by atoms with Gasteiger partial charge in [0.25, 0.3) is 0 Å². The Morgan fingerprint density at radius 3 is 2.04 bits per heavy atom. The third-order valence-electron chi connectivity index (χ3n) is 3.11. The number of hydrogen-bond donors (Lipinski definition) is 2. The topological polar surface area (TPSA) is 67.4 Å². The molecule has 0 bridgehead atoms. The van der Waals surface area contributed by atoms with Crippen molar-refractivity contribution in [1.82, 2.24) is 0 Å². The molecule has 24 heavy (non-hydrogen) atoms. The van der Waals surface area contributed by atoms with E-state index in [1.165, 1.54) is 0 Å². The van der Waals surface area contributed by atoms with Gasteiger partial charge in [0.1, 0.15) is 5.75 Å². The largest absolute Gasteiger partial charge is 0.491 e. The Bertz CT molecular complexity index is 742. The lowest BCUT2D eigenvalue weighted by Gasteiger charge is -2.11. The van der Waals surface area contributed by atoms with Crippen LogP contribution in [-0.4, -0.2) is 17.9 Å². The van der Waals surface area contributed by atoms with E-state index in [1.54, 1.807) is 36.4 Å². The molecule has 0 heterocycles. The number of halogens is 1. The highest BCUT2D eigenvalue weighted by Crippen LogP contribution is 2.20. The van der Waals surface area contributed by atoms with Crippen LogP contribution in [0.2, 0.25) is 0 Å². The summed E-state index contributed by atoms with van der Waals surface area (Å²) < 4.78 is 6.46. The number of anilines is 2. The molecule has 0 saturated heterocycles. The van der Waals surface area contributed by atoms with E-state index in [-0.39, 0.29) is 6.10 Å². The second-order valence-corrected chi connectivity index (χ2v) is 6.42. The zero-order valence-corrected chi connectivity index (χ0v) is 15.3. The van der Waals surface area contributed by atoms with Crippen LogP contribution in [0, 0.1) is 6.92 Å². The molecule has 0 saturated carbocycles. The molecule has 0 radical (unpaired) electrons. The van der Waals surface area contributed by atoms with Gasteiger partial charge in [-0.05, 0) is 68.8 Å². The first-order valence-electron chi connectivity index (χ1n) is 7.50. The van der Waals surface area contributed by atoms with E-state index in [0.717, 1.165) is 10.0 Å². The lowest BCUT2D eigenvalue weighted by atomic mass is 10.2. The summed E-state index contributed by atoms with van der Waals surface area (Å²) in [5.41, 5.74) is 2.06. The van der Waals surface area contributed by atoms with E-state index in [1.807, 2.05) is 26.8 Å². The average molecular weight is 391 g/mol. The first-order chi connectivity index (χ1) is 11.3. The van der Waals surface area contributed by atoms with Crippen molar-refractivity contribution < 1.29 is 14.3 Å². The molecule has 0 aromatic heterocycles. The van der Waals surface area contributed by atoms with Crippen molar-refractivity contribution in [3.8, 4) is 5.75 Å². The summed E-state index contributed by atoms with van der Waals surface area (Å²) in [5, 5.41) is 5.12. The van der Waals surface area contributed by atoms with E-state index in [2.05, 4.69) is 26.6 Å². The van der Waals surface area contributed by atoms with E-state index < -0.39 is 11.8 Å². The fraction of sp³-hybridized carbons (Fsp3) is 0.222. The van der Waals surface area contributed by atoms with E-state index >= 15 is 0 Å². The summed E-state index contributed by atoms with van der Waals surface area (Å²) in [6.45, 7) is 5.77. The molecular weight excluding hydrogens is 372 g/mol. The smallest absolute Gasteiger partial charge is 0.314 e. The predicted octanol–water partition coefficient (Wildman–Crippen LogP) is 4.12. The fourth-order valence-corrected chi connectivity index (χ4v) is 2.23. The Morgan fingerprint density at radius 2 is 1.50 bits per heavy atom. The predicted molar refractivity (Wildman–Crippen MR) is 98.3 cm³/mol. The van der Waals surface area contributed by atoms with E-state index in [0.29, 0.717) is 17.1 Å². The van der Waals surface area contributed by atoms with Crippen molar-refractivity contribution in [2.45, 2.75) is 26.9 Å². The van der Waals surface area contributed by atoms with Crippen LogP contribution in [0.3, 0.4) is 0 Å². The van der Waals surface area contributed by atoms with Crippen LogP contribution in [-0.2, 0) is 9.59 Å². The lowest BCUT2D eigenvalue weighted by Crippen LogP contribution is -2.29. The highest BCUT2D eigenvalue weighted by molar-refractivity contribution is 9.10. The van der Waals surface area contributed by atoms with Crippen molar-refractivity contribution >= 4 is 39.1 Å². The number of carbonyl (C=O) groups is 2. The molecule has 0 aliphatic heterocycles. The maximum absolute atomic E-state index is 12.0. The molecule has 5 nitrogen and oxygen atoms in total. The summed E-state index contributed by atoms with van der Waals surface area (Å²) in [5.74, 6) is -0.745. The van der Waals surface area contributed by atoms with Crippen LogP contribution in [0.15, 0.2) is 46.9 Å². The molecule has 2 N–H and O–H groups in total. The minimum atomic E-state index is -0.729. The van der Waals surface area contributed by atoms with Crippen LogP contribution in [0.1, 0.15) is 19.4 Å². The highest BCUT2D eigenvalue weighted by atomic mass is 79.9. The number of carbonyl (C=O) groups excluding carboxylic acids is 2. The Hall–Kier alpha value is -2.34. The van der Waals surface area contributed by atoms with Gasteiger partial charge in [-0.25, -0.2) is 0 Å². The lowest BCUT2D eigenvalue weighted by molar-refractivity contribution is -0.132. The summed E-state index contributed by atoms with van der Waals surface area (Å²) in [7, 11) is 0. The summed E-state index contributed by atoms with van der Waals surface area (Å²) in [6, 6.07) is 12.2. The molecule has 2 amide bonds. The zero-order valence-electron chi connectivity index (χ0n) is 13.7. The molecule has 0 aliphatic carbocycles. The maximum Gasteiger partial charge on any atom is 0.314 e. The molecule has 6 heteroatoms. The standard InChI is InChI=1S/C18H19BrN2O3/c1-11(2)24-15-7-4-13(5-8-15)20-17(22)18(23)21-14-6-9-16(19)12(3)10-14/h4-11H,1-3H3,(H,20,22)(H,21,23). The Balaban J connectivity index is 1.95. The number of aryl methyl sites for hydroxylation is 1. The van der Waals surface area contributed by atoms with Gasteiger partial charge >= 0.3 is 11.8 Å². The number of hydrogen-bond acceptors (Lipinski definition) is 3. The minimum absolute atomic E-state index is 0.0746. The second kappa shape index (κ2) is 7.97. The summed E-state index contributed by atoms with van der Waals surface area (Å²) in [6.07, 6.45) is 0.0746. The summed E-state index contributed by atoms with van der Waals surface area (Å²) in [4.78, 5) is 23.9. The molecule has 0 unspecified atom stereocenters. The molecule has 2 rings (SSSR count). The average Bonchev–Trinajstić information content (AvgIpc) is 2.52. The number of ether oxygens (including phenoxy) is 1. The van der Waals surface area contributed by atoms with Gasteiger partial charge in [0.05, 0.1) is 6.10 Å². The zero-order chi connectivity index (χ0) is 17.7. The molecule has 0 spiro atoms. The molecule has 0 fully saturated rings. The molecule has 0 atom stereocenters. The van der Waals surface area contributed by atoms with Crippen LogP contribution < -0.4 is 15.4 Å². The van der Waals surface area contributed by atoms with Crippen LogP contribution in [0.5, 0.6) is 5.75 Å². The Morgan fingerprint density at radius 1 is 0.958 bits per heavy atom. The highest BCUT2D eigenvalue weighted by Gasteiger charge is 2.14. The number of amides is 2. The quantitative estimate of drug-likeness (QED) is 0.771. The SMILES string of the molecule is Cc1cc(NC(=O)C(=O)Nc2ccc(OC(C)C)cc2)ccc1Br. The third-order valence-corrected chi connectivity index (χ3v) is 4.00. The van der Waals surface area contributed by atoms with Gasteiger partial charge in [-0.2, -0.15) is 0 Å². The van der Waals surface area contributed by atoms with E-state index in [4.69, 9.17) is 4.74 Å². The minimum Gasteiger partial charge on any atom is -0.491 e. The Labute approximate surface area is 149 Å². The molecule has 2 aromatic rings. The third kappa shape index (κ3) is 5.09. The first-order valence-corrected chi connectivity index (χ1v) is 8.29.